The third-order valence-corrected chi connectivity index (χ3v) is 4.03. The summed E-state index contributed by atoms with van der Waals surface area (Å²) in [4.78, 5) is 11.0. The minimum Gasteiger partial charge on any atom is -0.489 e. The number of ether oxygens (including phenoxy) is 2. The summed E-state index contributed by atoms with van der Waals surface area (Å²) in [6.07, 6.45) is 2.02. The van der Waals surface area contributed by atoms with Gasteiger partial charge >= 0.3 is 0 Å². The maximum absolute atomic E-state index is 13.9. The minimum atomic E-state index is -0.359. The molecule has 4 heteroatoms. The fourth-order valence-corrected chi connectivity index (χ4v) is 2.77. The summed E-state index contributed by atoms with van der Waals surface area (Å²) in [7, 11) is 0. The van der Waals surface area contributed by atoms with Gasteiger partial charge in [0.1, 0.15) is 24.5 Å². The molecule has 120 valence electrons. The molecule has 0 N–H and O–H groups in total. The van der Waals surface area contributed by atoms with Crippen molar-refractivity contribution in [1.29, 1.82) is 0 Å². The average molecular weight is 314 g/mol. The molecule has 2 aromatic carbocycles. The van der Waals surface area contributed by atoms with Crippen molar-refractivity contribution in [2.75, 3.05) is 6.61 Å². The van der Waals surface area contributed by atoms with Crippen LogP contribution in [0.25, 0.3) is 0 Å². The Morgan fingerprint density at radius 3 is 2.83 bits per heavy atom. The van der Waals surface area contributed by atoms with Gasteiger partial charge in [0, 0.05) is 18.6 Å². The van der Waals surface area contributed by atoms with Crippen LogP contribution in [-0.4, -0.2) is 12.9 Å². The Labute approximate surface area is 135 Å². The molecule has 0 radical (unpaired) electrons. The highest BCUT2D eigenvalue weighted by Crippen LogP contribution is 2.33. The molecule has 0 spiro atoms. The molecule has 1 fully saturated rings. The lowest BCUT2D eigenvalue weighted by Gasteiger charge is -2.27. The molecule has 0 amide bonds. The molecule has 2 atom stereocenters. The summed E-state index contributed by atoms with van der Waals surface area (Å²) < 4.78 is 25.3. The largest absolute Gasteiger partial charge is 0.489 e. The van der Waals surface area contributed by atoms with Crippen molar-refractivity contribution < 1.29 is 18.7 Å². The SMILES string of the molecule is O=CC1CCOC(c2cc(F)cc(OCc3ccccc3)c2)C1. The number of aldehydes is 1. The second-order valence-corrected chi connectivity index (χ2v) is 5.77. The van der Waals surface area contributed by atoms with Crippen LogP contribution in [0, 0.1) is 11.7 Å². The zero-order chi connectivity index (χ0) is 16.1. The zero-order valence-electron chi connectivity index (χ0n) is 12.8. The number of carbonyl (C=O) groups excluding carboxylic acids is 1. The lowest BCUT2D eigenvalue weighted by atomic mass is 9.93. The van der Waals surface area contributed by atoms with Crippen LogP contribution < -0.4 is 4.74 Å². The standard InChI is InChI=1S/C19H19FO3/c20-17-9-16(19-8-15(12-21)6-7-22-19)10-18(11-17)23-13-14-4-2-1-3-5-14/h1-5,9-12,15,19H,6-8,13H2. The van der Waals surface area contributed by atoms with Crippen molar-refractivity contribution in [2.45, 2.75) is 25.6 Å². The minimum absolute atomic E-state index is 0.0225. The van der Waals surface area contributed by atoms with Crippen LogP contribution in [0.5, 0.6) is 5.75 Å². The number of benzene rings is 2. The number of carbonyl (C=O) groups is 1. The van der Waals surface area contributed by atoms with Gasteiger partial charge in [-0.15, -0.1) is 0 Å². The van der Waals surface area contributed by atoms with E-state index in [1.165, 1.54) is 12.1 Å². The number of hydrogen-bond donors (Lipinski definition) is 0. The highest BCUT2D eigenvalue weighted by Gasteiger charge is 2.24. The van der Waals surface area contributed by atoms with Crippen molar-refractivity contribution in [3.63, 3.8) is 0 Å². The first-order chi connectivity index (χ1) is 11.2. The van der Waals surface area contributed by atoms with Crippen LogP contribution in [0.4, 0.5) is 4.39 Å². The fourth-order valence-electron chi connectivity index (χ4n) is 2.77. The van der Waals surface area contributed by atoms with E-state index in [-0.39, 0.29) is 17.8 Å². The molecule has 1 aliphatic heterocycles. The summed E-state index contributed by atoms with van der Waals surface area (Å²) in [5.41, 5.74) is 1.74. The number of rotatable bonds is 5. The number of halogens is 1. The molecule has 1 saturated heterocycles. The van der Waals surface area contributed by atoms with Crippen LogP contribution in [0.2, 0.25) is 0 Å². The Morgan fingerprint density at radius 2 is 2.04 bits per heavy atom. The van der Waals surface area contributed by atoms with E-state index < -0.39 is 0 Å². The summed E-state index contributed by atoms with van der Waals surface area (Å²) >= 11 is 0. The number of hydrogen-bond acceptors (Lipinski definition) is 3. The van der Waals surface area contributed by atoms with Gasteiger partial charge in [0.05, 0.1) is 6.10 Å². The topological polar surface area (TPSA) is 35.5 Å². The molecule has 1 aliphatic rings. The normalized spacial score (nSPS) is 20.9. The van der Waals surface area contributed by atoms with Gasteiger partial charge in [-0.3, -0.25) is 0 Å². The molecule has 0 aliphatic carbocycles. The van der Waals surface area contributed by atoms with Crippen molar-refractivity contribution in [3.8, 4) is 5.75 Å². The molecular formula is C19H19FO3. The van der Waals surface area contributed by atoms with E-state index in [4.69, 9.17) is 9.47 Å². The second-order valence-electron chi connectivity index (χ2n) is 5.77. The maximum Gasteiger partial charge on any atom is 0.127 e. The Morgan fingerprint density at radius 1 is 1.22 bits per heavy atom. The molecule has 23 heavy (non-hydrogen) atoms. The van der Waals surface area contributed by atoms with Crippen LogP contribution >= 0.6 is 0 Å². The molecule has 2 unspecified atom stereocenters. The van der Waals surface area contributed by atoms with E-state index in [0.717, 1.165) is 23.8 Å². The average Bonchev–Trinajstić information content (AvgIpc) is 2.60. The fraction of sp³-hybridized carbons (Fsp3) is 0.316. The van der Waals surface area contributed by atoms with Gasteiger partial charge in [-0.2, -0.15) is 0 Å². The Bertz CT molecular complexity index is 657. The lowest BCUT2D eigenvalue weighted by Crippen LogP contribution is -2.20. The molecule has 2 aromatic rings. The van der Waals surface area contributed by atoms with E-state index in [9.17, 15) is 9.18 Å². The highest BCUT2D eigenvalue weighted by atomic mass is 19.1. The van der Waals surface area contributed by atoms with Crippen LogP contribution in [0.1, 0.15) is 30.1 Å². The van der Waals surface area contributed by atoms with Gasteiger partial charge in [-0.05, 0) is 36.1 Å². The Kier molecular flexibility index (Phi) is 5.03. The smallest absolute Gasteiger partial charge is 0.127 e. The molecule has 3 rings (SSSR count). The van der Waals surface area contributed by atoms with Gasteiger partial charge in [-0.25, -0.2) is 4.39 Å². The van der Waals surface area contributed by atoms with Crippen molar-refractivity contribution in [2.24, 2.45) is 5.92 Å². The second kappa shape index (κ2) is 7.38. The maximum atomic E-state index is 13.9. The Hall–Kier alpha value is -2.20. The summed E-state index contributed by atoms with van der Waals surface area (Å²) in [6.45, 7) is 0.900. The van der Waals surface area contributed by atoms with Crippen LogP contribution in [0.3, 0.4) is 0 Å². The molecule has 0 saturated carbocycles. The molecule has 1 heterocycles. The van der Waals surface area contributed by atoms with Gasteiger partial charge in [-0.1, -0.05) is 30.3 Å². The predicted molar refractivity (Wildman–Crippen MR) is 84.7 cm³/mol. The van der Waals surface area contributed by atoms with E-state index in [0.29, 0.717) is 25.4 Å². The molecule has 0 bridgehead atoms. The summed E-state index contributed by atoms with van der Waals surface area (Å²) in [5.74, 6) is 0.0915. The van der Waals surface area contributed by atoms with Crippen molar-refractivity contribution >= 4 is 6.29 Å². The van der Waals surface area contributed by atoms with Gasteiger partial charge in [0.2, 0.25) is 0 Å². The highest BCUT2D eigenvalue weighted by molar-refractivity contribution is 5.53. The van der Waals surface area contributed by atoms with E-state index in [1.54, 1.807) is 6.07 Å². The zero-order valence-corrected chi connectivity index (χ0v) is 12.8. The third-order valence-electron chi connectivity index (χ3n) is 4.03. The van der Waals surface area contributed by atoms with Crippen molar-refractivity contribution in [1.82, 2.24) is 0 Å². The first-order valence-corrected chi connectivity index (χ1v) is 7.78. The predicted octanol–water partition coefficient (Wildman–Crippen LogP) is 4.07. The molecule has 3 nitrogen and oxygen atoms in total. The van der Waals surface area contributed by atoms with Gasteiger partial charge in [0.15, 0.2) is 0 Å². The lowest BCUT2D eigenvalue weighted by molar-refractivity contribution is -0.115. The van der Waals surface area contributed by atoms with E-state index in [1.807, 2.05) is 30.3 Å². The summed E-state index contributed by atoms with van der Waals surface area (Å²) in [6, 6.07) is 14.3. The molecular weight excluding hydrogens is 295 g/mol. The first kappa shape index (κ1) is 15.7. The van der Waals surface area contributed by atoms with E-state index in [2.05, 4.69) is 0 Å². The third kappa shape index (κ3) is 4.17. The quantitative estimate of drug-likeness (QED) is 0.780. The first-order valence-electron chi connectivity index (χ1n) is 7.78. The van der Waals surface area contributed by atoms with Crippen LogP contribution in [0.15, 0.2) is 48.5 Å². The Balaban J connectivity index is 1.72. The van der Waals surface area contributed by atoms with Gasteiger partial charge < -0.3 is 14.3 Å². The monoisotopic (exact) mass is 314 g/mol. The van der Waals surface area contributed by atoms with Crippen molar-refractivity contribution in [3.05, 3.63) is 65.5 Å². The van der Waals surface area contributed by atoms with Crippen LogP contribution in [-0.2, 0) is 16.1 Å². The summed E-state index contributed by atoms with van der Waals surface area (Å²) in [5, 5.41) is 0. The van der Waals surface area contributed by atoms with E-state index >= 15 is 0 Å². The van der Waals surface area contributed by atoms with Gasteiger partial charge in [0.25, 0.3) is 0 Å². The molecule has 0 aromatic heterocycles.